The predicted molar refractivity (Wildman–Crippen MR) is 57.5 cm³/mol. The molecule has 6 heteroatoms. The lowest BCUT2D eigenvalue weighted by Crippen LogP contribution is -2.37. The van der Waals surface area contributed by atoms with E-state index in [2.05, 4.69) is 43.6 Å². The highest BCUT2D eigenvalue weighted by Gasteiger charge is 2.12. The van der Waals surface area contributed by atoms with Gasteiger partial charge in [-0.25, -0.2) is 5.53 Å². The molecule has 0 spiro atoms. The molecule has 1 aromatic rings. The van der Waals surface area contributed by atoms with E-state index in [1.807, 2.05) is 19.2 Å². The average Bonchev–Trinajstić information content (AvgIpc) is 2.53. The van der Waals surface area contributed by atoms with Crippen molar-refractivity contribution in [3.05, 3.63) is 27.6 Å². The van der Waals surface area contributed by atoms with E-state index in [9.17, 15) is 0 Å². The van der Waals surface area contributed by atoms with E-state index in [0.29, 0.717) is 0 Å². The Morgan fingerprint density at radius 1 is 1.46 bits per heavy atom. The maximum absolute atomic E-state index is 4.23. The Morgan fingerprint density at radius 3 is 2.85 bits per heavy atom. The number of halogens is 1. The molecular formula is C7H8IN5. The van der Waals surface area contributed by atoms with Gasteiger partial charge >= 0.3 is 0 Å². The Morgan fingerprint density at radius 2 is 2.31 bits per heavy atom. The largest absolute Gasteiger partial charge is 0.281 e. The van der Waals surface area contributed by atoms with Gasteiger partial charge in [0.25, 0.3) is 0 Å². The summed E-state index contributed by atoms with van der Waals surface area (Å²) in [6.07, 6.45) is 1.80. The minimum Gasteiger partial charge on any atom is -0.281 e. The highest BCUT2D eigenvalue weighted by Crippen LogP contribution is 2.04. The van der Waals surface area contributed by atoms with E-state index in [4.69, 9.17) is 0 Å². The number of hydrogen-bond donors (Lipinski definition) is 2. The summed E-state index contributed by atoms with van der Waals surface area (Å²) >= 11 is 2.21. The van der Waals surface area contributed by atoms with Gasteiger partial charge in [-0.3, -0.25) is 10.4 Å². The first-order chi connectivity index (χ1) is 6.25. The fourth-order valence-corrected chi connectivity index (χ4v) is 1.28. The lowest BCUT2D eigenvalue weighted by molar-refractivity contribution is 0.231. The second-order valence-corrected chi connectivity index (χ2v) is 3.84. The molecule has 1 aliphatic heterocycles. The molecule has 0 saturated carbocycles. The fraction of sp³-hybridized carbons (Fsp3) is 0.143. The molecule has 0 atom stereocenters. The monoisotopic (exact) mass is 289 g/mol. The number of aromatic nitrogens is 1. The molecule has 2 rings (SSSR count). The number of rotatable bonds is 1. The molecule has 13 heavy (non-hydrogen) atoms. The molecule has 2 heterocycles. The van der Waals surface area contributed by atoms with E-state index >= 15 is 0 Å². The van der Waals surface area contributed by atoms with Gasteiger partial charge in [0.15, 0.2) is 5.84 Å². The quantitative estimate of drug-likeness (QED) is 0.730. The number of nitrogens with zero attached hydrogens (tertiary/aromatic N) is 3. The van der Waals surface area contributed by atoms with Gasteiger partial charge in [-0.05, 0) is 34.7 Å². The van der Waals surface area contributed by atoms with E-state index < -0.39 is 0 Å². The Bertz CT molecular complexity index is 333. The van der Waals surface area contributed by atoms with Crippen molar-refractivity contribution < 1.29 is 0 Å². The van der Waals surface area contributed by atoms with Gasteiger partial charge in [0.05, 0.1) is 0 Å². The van der Waals surface area contributed by atoms with Crippen LogP contribution in [-0.4, -0.2) is 23.0 Å². The number of hydrogen-bond acceptors (Lipinski definition) is 5. The van der Waals surface area contributed by atoms with Crippen LogP contribution in [0.1, 0.15) is 5.69 Å². The molecule has 0 fully saturated rings. The van der Waals surface area contributed by atoms with Crippen molar-refractivity contribution >= 4 is 28.4 Å². The van der Waals surface area contributed by atoms with Crippen molar-refractivity contribution in [3.63, 3.8) is 0 Å². The number of hydrazine groups is 2. The van der Waals surface area contributed by atoms with Gasteiger partial charge in [0, 0.05) is 16.8 Å². The first-order valence-corrected chi connectivity index (χ1v) is 4.79. The standard InChI is InChI=1S/C7H8IN5/c1-13-11-7(10-12-13)6-3-2-5(8)4-9-6/h2-4,12H,1H3,(H,10,11). The third-order valence-corrected chi connectivity index (χ3v) is 2.19. The summed E-state index contributed by atoms with van der Waals surface area (Å²) in [6.45, 7) is 0. The second-order valence-electron chi connectivity index (χ2n) is 2.59. The van der Waals surface area contributed by atoms with Gasteiger partial charge in [0.1, 0.15) is 5.69 Å². The van der Waals surface area contributed by atoms with Crippen LogP contribution in [0.4, 0.5) is 0 Å². The highest BCUT2D eigenvalue weighted by atomic mass is 127. The maximum Gasteiger partial charge on any atom is 0.189 e. The summed E-state index contributed by atoms with van der Waals surface area (Å²) in [6, 6.07) is 3.92. The van der Waals surface area contributed by atoms with E-state index in [0.717, 1.165) is 15.1 Å². The molecule has 1 aliphatic rings. The molecule has 0 saturated heterocycles. The van der Waals surface area contributed by atoms with Crippen molar-refractivity contribution in [2.75, 3.05) is 7.05 Å². The minimum absolute atomic E-state index is 0.735. The maximum atomic E-state index is 4.23. The van der Waals surface area contributed by atoms with Crippen molar-refractivity contribution in [2.24, 2.45) is 5.10 Å². The Kier molecular flexibility index (Phi) is 2.32. The molecule has 0 radical (unpaired) electrons. The molecule has 1 aromatic heterocycles. The van der Waals surface area contributed by atoms with Crippen LogP contribution in [-0.2, 0) is 0 Å². The second kappa shape index (κ2) is 3.46. The van der Waals surface area contributed by atoms with Crippen molar-refractivity contribution in [2.45, 2.75) is 0 Å². The van der Waals surface area contributed by atoms with Crippen molar-refractivity contribution in [3.8, 4) is 0 Å². The van der Waals surface area contributed by atoms with E-state index in [1.165, 1.54) is 0 Å². The van der Waals surface area contributed by atoms with Gasteiger partial charge in [-0.15, -0.1) is 10.2 Å². The average molecular weight is 289 g/mol. The summed E-state index contributed by atoms with van der Waals surface area (Å²) < 4.78 is 1.11. The molecular weight excluding hydrogens is 281 g/mol. The van der Waals surface area contributed by atoms with Crippen molar-refractivity contribution in [1.29, 1.82) is 0 Å². The third kappa shape index (κ3) is 1.89. The van der Waals surface area contributed by atoms with Crippen LogP contribution in [0.15, 0.2) is 23.4 Å². The summed E-state index contributed by atoms with van der Waals surface area (Å²) in [4.78, 5) is 4.23. The highest BCUT2D eigenvalue weighted by molar-refractivity contribution is 14.1. The Labute approximate surface area is 89.3 Å². The lowest BCUT2D eigenvalue weighted by atomic mass is 10.3. The Hall–Kier alpha value is -0.890. The zero-order chi connectivity index (χ0) is 9.26. The number of amidine groups is 1. The van der Waals surface area contributed by atoms with Gasteiger partial charge in [-0.2, -0.15) is 0 Å². The molecule has 0 amide bonds. The topological polar surface area (TPSA) is 52.5 Å². The van der Waals surface area contributed by atoms with Gasteiger partial charge < -0.3 is 0 Å². The van der Waals surface area contributed by atoms with Crippen LogP contribution < -0.4 is 11.0 Å². The van der Waals surface area contributed by atoms with Gasteiger partial charge in [0.2, 0.25) is 0 Å². The van der Waals surface area contributed by atoms with E-state index in [-0.39, 0.29) is 0 Å². The first-order valence-electron chi connectivity index (χ1n) is 3.71. The fourth-order valence-electron chi connectivity index (χ4n) is 0.964. The lowest BCUT2D eigenvalue weighted by Gasteiger charge is -2.07. The number of nitrogens with one attached hydrogen (secondary N) is 2. The van der Waals surface area contributed by atoms with Crippen LogP contribution in [0.25, 0.3) is 0 Å². The summed E-state index contributed by atoms with van der Waals surface area (Å²) in [5.74, 6) is 0.735. The number of hydrazone groups is 1. The van der Waals surface area contributed by atoms with Crippen LogP contribution in [0.3, 0.4) is 0 Å². The van der Waals surface area contributed by atoms with Crippen LogP contribution in [0, 0.1) is 3.57 Å². The number of pyridine rings is 1. The summed E-state index contributed by atoms with van der Waals surface area (Å²) in [5, 5.41) is 5.69. The molecule has 0 unspecified atom stereocenters. The smallest absolute Gasteiger partial charge is 0.189 e. The molecule has 0 aromatic carbocycles. The SMILES string of the molecule is CN1NN=C(c2ccc(I)cn2)N1. The van der Waals surface area contributed by atoms with Crippen molar-refractivity contribution in [1.82, 2.24) is 21.1 Å². The van der Waals surface area contributed by atoms with Crippen LogP contribution in [0.2, 0.25) is 0 Å². The minimum atomic E-state index is 0.735. The molecule has 68 valence electrons. The van der Waals surface area contributed by atoms with Crippen LogP contribution in [0.5, 0.6) is 0 Å². The summed E-state index contributed by atoms with van der Waals surface area (Å²) in [5.41, 5.74) is 6.58. The van der Waals surface area contributed by atoms with Crippen LogP contribution >= 0.6 is 22.6 Å². The molecule has 0 bridgehead atoms. The van der Waals surface area contributed by atoms with Gasteiger partial charge in [-0.1, -0.05) is 0 Å². The predicted octanol–water partition coefficient (Wildman–Crippen LogP) is 0.302. The molecule has 2 N–H and O–H groups in total. The molecule has 5 nitrogen and oxygen atoms in total. The Balaban J connectivity index is 2.22. The summed E-state index contributed by atoms with van der Waals surface area (Å²) in [7, 11) is 1.84. The first kappa shape index (κ1) is 8.70. The third-order valence-electron chi connectivity index (χ3n) is 1.56. The van der Waals surface area contributed by atoms with E-state index in [1.54, 1.807) is 11.3 Å². The zero-order valence-corrected chi connectivity index (χ0v) is 9.11. The zero-order valence-electron chi connectivity index (χ0n) is 6.95. The molecule has 0 aliphatic carbocycles. The normalized spacial score (nSPS) is 16.3.